The molecule has 0 unspecified atom stereocenters. The molecule has 0 amide bonds. The number of hydrogen-bond acceptors (Lipinski definition) is 3. The fourth-order valence-corrected chi connectivity index (χ4v) is 0.871. The first-order chi connectivity index (χ1) is 6.69. The third-order valence-electron chi connectivity index (χ3n) is 1.56. The lowest BCUT2D eigenvalue weighted by molar-refractivity contribution is 0.746. The Labute approximate surface area is 79.6 Å². The number of nitriles is 1. The molecule has 0 bridgehead atoms. The SMILES string of the molecule is CC#CCn1cc(C#N)c(=O)[nH]c1=O. The Morgan fingerprint density at radius 2 is 2.29 bits per heavy atom. The monoisotopic (exact) mass is 189 g/mol. The maximum absolute atomic E-state index is 11.1. The number of nitrogens with zero attached hydrogens (tertiary/aromatic N) is 2. The molecule has 0 aliphatic rings. The van der Waals surface area contributed by atoms with E-state index in [0.29, 0.717) is 0 Å². The average molecular weight is 189 g/mol. The van der Waals surface area contributed by atoms with E-state index in [1.807, 2.05) is 4.98 Å². The molecule has 1 N–H and O–H groups in total. The summed E-state index contributed by atoms with van der Waals surface area (Å²) in [5, 5.41) is 8.54. The van der Waals surface area contributed by atoms with Crippen molar-refractivity contribution in [3.05, 3.63) is 32.6 Å². The Kier molecular flexibility index (Phi) is 2.88. The lowest BCUT2D eigenvalue weighted by Gasteiger charge is -1.98. The molecule has 0 aromatic carbocycles. The van der Waals surface area contributed by atoms with Crippen LogP contribution in [0.3, 0.4) is 0 Å². The molecule has 0 radical (unpaired) electrons. The van der Waals surface area contributed by atoms with Gasteiger partial charge < -0.3 is 0 Å². The second-order valence-corrected chi connectivity index (χ2v) is 2.47. The van der Waals surface area contributed by atoms with Gasteiger partial charge in [0, 0.05) is 6.20 Å². The first-order valence-electron chi connectivity index (χ1n) is 3.82. The minimum atomic E-state index is -0.668. The number of hydrogen-bond donors (Lipinski definition) is 1. The van der Waals surface area contributed by atoms with Crippen molar-refractivity contribution in [3.63, 3.8) is 0 Å². The summed E-state index contributed by atoms with van der Waals surface area (Å²) in [7, 11) is 0. The first-order valence-corrected chi connectivity index (χ1v) is 3.82. The smallest absolute Gasteiger partial charge is 0.288 e. The Morgan fingerprint density at radius 3 is 2.86 bits per heavy atom. The van der Waals surface area contributed by atoms with E-state index in [9.17, 15) is 9.59 Å². The normalized spacial score (nSPS) is 8.57. The fourth-order valence-electron chi connectivity index (χ4n) is 0.871. The summed E-state index contributed by atoms with van der Waals surface area (Å²) in [6.07, 6.45) is 1.20. The summed E-state index contributed by atoms with van der Waals surface area (Å²) in [6, 6.07) is 1.69. The highest BCUT2D eigenvalue weighted by Gasteiger charge is 2.01. The van der Waals surface area contributed by atoms with Crippen LogP contribution in [0, 0.1) is 23.2 Å². The van der Waals surface area contributed by atoms with E-state index < -0.39 is 11.2 Å². The van der Waals surface area contributed by atoms with Crippen LogP contribution in [0.15, 0.2) is 15.8 Å². The van der Waals surface area contributed by atoms with Gasteiger partial charge in [0.15, 0.2) is 0 Å². The van der Waals surface area contributed by atoms with Crippen molar-refractivity contribution in [2.75, 3.05) is 0 Å². The molecule has 0 fully saturated rings. The standard InChI is InChI=1S/C9H7N3O2/c1-2-3-4-12-6-7(5-10)8(13)11-9(12)14/h6H,4H2,1H3,(H,11,13,14). The molecule has 1 heterocycles. The second-order valence-electron chi connectivity index (χ2n) is 2.47. The van der Waals surface area contributed by atoms with Crippen LogP contribution < -0.4 is 11.2 Å². The molecule has 5 nitrogen and oxygen atoms in total. The average Bonchev–Trinajstić information content (AvgIpc) is 2.17. The van der Waals surface area contributed by atoms with Crippen molar-refractivity contribution in [2.24, 2.45) is 0 Å². The maximum atomic E-state index is 11.1. The molecular weight excluding hydrogens is 182 g/mol. The molecule has 0 saturated carbocycles. The largest absolute Gasteiger partial charge is 0.329 e. The van der Waals surface area contributed by atoms with Crippen molar-refractivity contribution in [3.8, 4) is 17.9 Å². The van der Waals surface area contributed by atoms with Gasteiger partial charge in [-0.15, -0.1) is 5.92 Å². The van der Waals surface area contributed by atoms with Gasteiger partial charge in [-0.1, -0.05) is 5.92 Å². The predicted octanol–water partition coefficient (Wildman–Crippen LogP) is -0.568. The van der Waals surface area contributed by atoms with Crippen LogP contribution >= 0.6 is 0 Å². The number of H-pyrrole nitrogens is 1. The Balaban J connectivity index is 3.31. The Hall–Kier alpha value is -2.27. The van der Waals surface area contributed by atoms with E-state index >= 15 is 0 Å². The van der Waals surface area contributed by atoms with Gasteiger partial charge in [-0.2, -0.15) is 5.26 Å². The van der Waals surface area contributed by atoms with Gasteiger partial charge >= 0.3 is 5.69 Å². The first kappa shape index (κ1) is 9.82. The van der Waals surface area contributed by atoms with Crippen LogP contribution in [0.1, 0.15) is 12.5 Å². The van der Waals surface area contributed by atoms with Crippen molar-refractivity contribution in [2.45, 2.75) is 13.5 Å². The minimum Gasteiger partial charge on any atom is -0.288 e. The van der Waals surface area contributed by atoms with E-state index in [0.717, 1.165) is 0 Å². The summed E-state index contributed by atoms with van der Waals surface area (Å²) >= 11 is 0. The summed E-state index contributed by atoms with van der Waals surface area (Å²) < 4.78 is 1.18. The summed E-state index contributed by atoms with van der Waals surface area (Å²) in [6.45, 7) is 1.81. The Bertz CT molecular complexity index is 548. The molecule has 1 aromatic heterocycles. The number of aromatic nitrogens is 2. The van der Waals surface area contributed by atoms with E-state index in [-0.39, 0.29) is 12.1 Å². The van der Waals surface area contributed by atoms with Gasteiger partial charge in [0.05, 0.1) is 6.54 Å². The van der Waals surface area contributed by atoms with Crippen LogP contribution in [0.25, 0.3) is 0 Å². The third-order valence-corrected chi connectivity index (χ3v) is 1.56. The summed E-state index contributed by atoms with van der Waals surface area (Å²) in [5.41, 5.74) is -1.32. The molecule has 5 heteroatoms. The van der Waals surface area contributed by atoms with Gasteiger partial charge in [-0.05, 0) is 6.92 Å². The highest BCUT2D eigenvalue weighted by atomic mass is 16.2. The zero-order valence-corrected chi connectivity index (χ0v) is 7.50. The zero-order chi connectivity index (χ0) is 10.6. The van der Waals surface area contributed by atoms with E-state index in [4.69, 9.17) is 5.26 Å². The molecular formula is C9H7N3O2. The van der Waals surface area contributed by atoms with Crippen molar-refractivity contribution in [1.29, 1.82) is 5.26 Å². The van der Waals surface area contributed by atoms with Crippen molar-refractivity contribution >= 4 is 0 Å². The lowest BCUT2D eigenvalue weighted by atomic mass is 10.4. The van der Waals surface area contributed by atoms with Crippen LogP contribution in [0.2, 0.25) is 0 Å². The highest BCUT2D eigenvalue weighted by molar-refractivity contribution is 5.21. The molecule has 0 aliphatic heterocycles. The molecule has 0 aliphatic carbocycles. The van der Waals surface area contributed by atoms with Gasteiger partial charge in [-0.25, -0.2) is 4.79 Å². The quantitative estimate of drug-likeness (QED) is 0.601. The number of nitrogens with one attached hydrogen (secondary N) is 1. The third kappa shape index (κ3) is 1.90. The summed E-state index contributed by atoms with van der Waals surface area (Å²) in [5.74, 6) is 5.27. The molecule has 1 rings (SSSR count). The predicted molar refractivity (Wildman–Crippen MR) is 49.5 cm³/mol. The number of aromatic amines is 1. The van der Waals surface area contributed by atoms with Crippen LogP contribution in [0.5, 0.6) is 0 Å². The van der Waals surface area contributed by atoms with Crippen LogP contribution in [-0.4, -0.2) is 9.55 Å². The highest BCUT2D eigenvalue weighted by Crippen LogP contribution is 1.83. The molecule has 0 saturated heterocycles. The van der Waals surface area contributed by atoms with E-state index in [1.54, 1.807) is 13.0 Å². The van der Waals surface area contributed by atoms with Crippen LogP contribution in [-0.2, 0) is 6.54 Å². The molecule has 0 atom stereocenters. The molecule has 0 spiro atoms. The van der Waals surface area contributed by atoms with Crippen molar-refractivity contribution in [1.82, 2.24) is 9.55 Å². The van der Waals surface area contributed by atoms with Gasteiger partial charge in [0.25, 0.3) is 5.56 Å². The zero-order valence-electron chi connectivity index (χ0n) is 7.50. The number of rotatable bonds is 1. The van der Waals surface area contributed by atoms with Gasteiger partial charge in [0.2, 0.25) is 0 Å². The van der Waals surface area contributed by atoms with E-state index in [2.05, 4.69) is 11.8 Å². The molecule has 14 heavy (non-hydrogen) atoms. The minimum absolute atomic E-state index is 0.0949. The topological polar surface area (TPSA) is 78.7 Å². The fraction of sp³-hybridized carbons (Fsp3) is 0.222. The van der Waals surface area contributed by atoms with E-state index in [1.165, 1.54) is 10.8 Å². The van der Waals surface area contributed by atoms with Crippen LogP contribution in [0.4, 0.5) is 0 Å². The molecule has 70 valence electrons. The molecule has 1 aromatic rings. The Morgan fingerprint density at radius 1 is 1.57 bits per heavy atom. The van der Waals surface area contributed by atoms with Crippen molar-refractivity contribution < 1.29 is 0 Å². The maximum Gasteiger partial charge on any atom is 0.329 e. The van der Waals surface area contributed by atoms with Gasteiger partial charge in [-0.3, -0.25) is 14.3 Å². The summed E-state index contributed by atoms with van der Waals surface area (Å²) in [4.78, 5) is 24.1. The second kappa shape index (κ2) is 4.11. The van der Waals surface area contributed by atoms with Gasteiger partial charge in [0.1, 0.15) is 11.6 Å². The lowest BCUT2D eigenvalue weighted by Crippen LogP contribution is -2.30.